The van der Waals surface area contributed by atoms with Gasteiger partial charge in [0.2, 0.25) is 0 Å². The maximum absolute atomic E-state index is 6.69. The summed E-state index contributed by atoms with van der Waals surface area (Å²) in [5.41, 5.74) is 1.83. The summed E-state index contributed by atoms with van der Waals surface area (Å²) in [7, 11) is 0. The van der Waals surface area contributed by atoms with E-state index in [4.69, 9.17) is 23.2 Å². The van der Waals surface area contributed by atoms with Crippen LogP contribution in [-0.2, 0) is 10.8 Å². The van der Waals surface area contributed by atoms with Crippen LogP contribution in [-0.4, -0.2) is 4.33 Å². The lowest BCUT2D eigenvalue weighted by atomic mass is 9.84. The molecule has 0 spiro atoms. The van der Waals surface area contributed by atoms with Crippen LogP contribution in [0.15, 0.2) is 60.7 Å². The van der Waals surface area contributed by atoms with E-state index < -0.39 is 4.33 Å². The normalized spacial score (nSPS) is 32.0. The summed E-state index contributed by atoms with van der Waals surface area (Å²) in [6.45, 7) is 4.30. The van der Waals surface area contributed by atoms with Crippen molar-refractivity contribution in [2.45, 2.75) is 29.0 Å². The van der Waals surface area contributed by atoms with Crippen molar-refractivity contribution in [1.82, 2.24) is 0 Å². The van der Waals surface area contributed by atoms with Gasteiger partial charge in [0.15, 0.2) is 0 Å². The topological polar surface area (TPSA) is 0 Å². The van der Waals surface area contributed by atoms with Crippen molar-refractivity contribution in [3.05, 3.63) is 71.8 Å². The molecule has 1 saturated carbocycles. The van der Waals surface area contributed by atoms with Crippen LogP contribution in [0.4, 0.5) is 0 Å². The Kier molecular flexibility index (Phi) is 2.75. The summed E-state index contributed by atoms with van der Waals surface area (Å²) in [5.74, 6) is 0. The van der Waals surface area contributed by atoms with Gasteiger partial charge in [0.25, 0.3) is 0 Å². The molecule has 1 fully saturated rings. The lowest BCUT2D eigenvalue weighted by Gasteiger charge is -2.18. The molecule has 0 heterocycles. The van der Waals surface area contributed by atoms with Gasteiger partial charge >= 0.3 is 0 Å². The first-order valence-corrected chi connectivity index (χ1v) is 7.21. The minimum Gasteiger partial charge on any atom is -0.0996 e. The fourth-order valence-corrected chi connectivity index (χ4v) is 4.38. The molecule has 3 rings (SSSR count). The molecule has 2 aromatic carbocycles. The summed E-state index contributed by atoms with van der Waals surface area (Å²) < 4.78 is -0.789. The maximum atomic E-state index is 6.69. The summed E-state index contributed by atoms with van der Waals surface area (Å²) in [5, 5.41) is 0. The molecular formula is C17H16Cl2. The van der Waals surface area contributed by atoms with Crippen LogP contribution < -0.4 is 0 Å². The Balaban J connectivity index is 2.15. The largest absolute Gasteiger partial charge is 0.138 e. The molecule has 98 valence electrons. The number of benzene rings is 2. The van der Waals surface area contributed by atoms with E-state index in [1.165, 1.54) is 11.1 Å². The molecule has 0 N–H and O–H groups in total. The second kappa shape index (κ2) is 4.01. The van der Waals surface area contributed by atoms with E-state index in [-0.39, 0.29) is 10.8 Å². The molecule has 1 aliphatic carbocycles. The first-order chi connectivity index (χ1) is 8.96. The van der Waals surface area contributed by atoms with Crippen molar-refractivity contribution < 1.29 is 0 Å². The van der Waals surface area contributed by atoms with Gasteiger partial charge in [-0.25, -0.2) is 0 Å². The van der Waals surface area contributed by atoms with Crippen LogP contribution in [0.25, 0.3) is 0 Å². The zero-order valence-corrected chi connectivity index (χ0v) is 12.5. The summed E-state index contributed by atoms with van der Waals surface area (Å²) in [6.07, 6.45) is 0. The zero-order valence-electron chi connectivity index (χ0n) is 11.0. The highest BCUT2D eigenvalue weighted by Gasteiger charge is 2.82. The molecule has 0 radical (unpaired) electrons. The highest BCUT2D eigenvalue weighted by Crippen LogP contribution is 2.77. The first-order valence-electron chi connectivity index (χ1n) is 6.45. The molecule has 1 aliphatic rings. The van der Waals surface area contributed by atoms with Gasteiger partial charge in [-0.3, -0.25) is 0 Å². The van der Waals surface area contributed by atoms with Crippen molar-refractivity contribution in [2.75, 3.05) is 0 Å². The van der Waals surface area contributed by atoms with Gasteiger partial charge in [0.1, 0.15) is 4.33 Å². The number of rotatable bonds is 2. The van der Waals surface area contributed by atoms with Crippen LogP contribution in [0.3, 0.4) is 0 Å². The molecule has 2 aromatic rings. The van der Waals surface area contributed by atoms with E-state index in [9.17, 15) is 0 Å². The summed E-state index contributed by atoms with van der Waals surface area (Å²) in [4.78, 5) is 0. The third-order valence-electron chi connectivity index (χ3n) is 4.90. The van der Waals surface area contributed by atoms with E-state index in [0.717, 1.165) is 0 Å². The fraction of sp³-hybridized carbons (Fsp3) is 0.294. The van der Waals surface area contributed by atoms with E-state index in [1.807, 2.05) is 36.4 Å². The van der Waals surface area contributed by atoms with Gasteiger partial charge in [-0.1, -0.05) is 97.7 Å². The Labute approximate surface area is 124 Å². The molecule has 0 aliphatic heterocycles. The smallest absolute Gasteiger partial charge is 0.0996 e. The van der Waals surface area contributed by atoms with Gasteiger partial charge < -0.3 is 0 Å². The molecule has 0 amide bonds. The zero-order chi connectivity index (χ0) is 13.7. The Bertz CT molecular complexity index is 538. The second-order valence-electron chi connectivity index (χ2n) is 5.56. The van der Waals surface area contributed by atoms with Gasteiger partial charge in [0.05, 0.1) is 0 Å². The van der Waals surface area contributed by atoms with Crippen molar-refractivity contribution in [2.24, 2.45) is 0 Å². The van der Waals surface area contributed by atoms with E-state index in [2.05, 4.69) is 38.1 Å². The van der Waals surface area contributed by atoms with Crippen LogP contribution >= 0.6 is 23.2 Å². The molecule has 0 saturated heterocycles. The predicted octanol–water partition coefficient (Wildman–Crippen LogP) is 5.09. The number of halogens is 2. The van der Waals surface area contributed by atoms with Gasteiger partial charge in [-0.15, -0.1) is 0 Å². The number of hydrogen-bond donors (Lipinski definition) is 0. The maximum Gasteiger partial charge on any atom is 0.138 e. The van der Waals surface area contributed by atoms with Gasteiger partial charge in [-0.05, 0) is 11.1 Å². The SMILES string of the molecule is C[C@]1(c2ccccc2)C(Cl)(Cl)[C@@]1(C)c1ccccc1. The van der Waals surface area contributed by atoms with Crippen LogP contribution in [0.2, 0.25) is 0 Å². The molecule has 2 atom stereocenters. The molecule has 0 nitrogen and oxygen atoms in total. The lowest BCUT2D eigenvalue weighted by Crippen LogP contribution is -2.15. The highest BCUT2D eigenvalue weighted by molar-refractivity contribution is 6.54. The van der Waals surface area contributed by atoms with Crippen molar-refractivity contribution in [3.63, 3.8) is 0 Å². The van der Waals surface area contributed by atoms with Crippen molar-refractivity contribution in [3.8, 4) is 0 Å². The van der Waals surface area contributed by atoms with E-state index in [0.29, 0.717) is 0 Å². The van der Waals surface area contributed by atoms with E-state index >= 15 is 0 Å². The second-order valence-corrected chi connectivity index (χ2v) is 6.88. The Hall–Kier alpha value is -0.980. The number of alkyl halides is 2. The Morgan fingerprint density at radius 3 is 1.26 bits per heavy atom. The minimum absolute atomic E-state index is 0.272. The quantitative estimate of drug-likeness (QED) is 0.676. The van der Waals surface area contributed by atoms with Crippen LogP contribution in [0.5, 0.6) is 0 Å². The third kappa shape index (κ3) is 1.42. The van der Waals surface area contributed by atoms with Crippen LogP contribution in [0, 0.1) is 0 Å². The molecule has 0 bridgehead atoms. The van der Waals surface area contributed by atoms with Crippen LogP contribution in [0.1, 0.15) is 25.0 Å². The fourth-order valence-electron chi connectivity index (χ4n) is 3.28. The molecule has 0 unspecified atom stereocenters. The molecule has 19 heavy (non-hydrogen) atoms. The lowest BCUT2D eigenvalue weighted by molar-refractivity contribution is 0.620. The Morgan fingerprint density at radius 1 is 0.632 bits per heavy atom. The highest BCUT2D eigenvalue weighted by atomic mass is 35.5. The standard InChI is InChI=1S/C17H16Cl2/c1-15(13-9-5-3-6-10-13)16(2,17(15,18)19)14-11-7-4-8-12-14/h3-12H,1-2H3/t15-,16+. The Morgan fingerprint density at radius 2 is 0.947 bits per heavy atom. The molecule has 0 aromatic heterocycles. The minimum atomic E-state index is -0.789. The summed E-state index contributed by atoms with van der Waals surface area (Å²) in [6, 6.07) is 20.6. The average Bonchev–Trinajstić information content (AvgIpc) is 2.82. The summed E-state index contributed by atoms with van der Waals surface area (Å²) >= 11 is 13.4. The van der Waals surface area contributed by atoms with Gasteiger partial charge in [-0.2, -0.15) is 0 Å². The van der Waals surface area contributed by atoms with Crippen molar-refractivity contribution >= 4 is 23.2 Å². The monoisotopic (exact) mass is 290 g/mol. The predicted molar refractivity (Wildman–Crippen MR) is 82.0 cm³/mol. The first kappa shape index (κ1) is 13.0. The number of hydrogen-bond acceptors (Lipinski definition) is 0. The molecule has 2 heteroatoms. The van der Waals surface area contributed by atoms with Crippen molar-refractivity contribution in [1.29, 1.82) is 0 Å². The molecular weight excluding hydrogens is 275 g/mol. The van der Waals surface area contributed by atoms with Gasteiger partial charge in [0, 0.05) is 10.8 Å². The average molecular weight is 291 g/mol. The third-order valence-corrected chi connectivity index (χ3v) is 6.41. The van der Waals surface area contributed by atoms with E-state index in [1.54, 1.807) is 0 Å².